The lowest BCUT2D eigenvalue weighted by molar-refractivity contribution is -0.926. The number of hydrogen-bond donors (Lipinski definition) is 0. The Morgan fingerprint density at radius 3 is 1.19 bits per heavy atom. The molecule has 0 amide bonds. The van der Waals surface area contributed by atoms with E-state index in [0.29, 0.717) is 19.8 Å². The first-order valence-electron chi connectivity index (χ1n) is 23.7. The third-order valence-corrected chi connectivity index (χ3v) is 11.4. The van der Waals surface area contributed by atoms with Gasteiger partial charge in [-0.15, -0.1) is 0 Å². The van der Waals surface area contributed by atoms with Crippen molar-refractivity contribution in [3.8, 4) is 0 Å². The molecule has 1 unspecified atom stereocenters. The zero-order valence-electron chi connectivity index (χ0n) is 37.6. The number of hydrogen-bond acceptors (Lipinski definition) is 3. The summed E-state index contributed by atoms with van der Waals surface area (Å²) in [5.74, 6) is 0. The number of nitrogens with zero attached hydrogens (tertiary/aromatic N) is 1. The molecular formula is C49H98NO3+. The van der Waals surface area contributed by atoms with Crippen LogP contribution in [0.25, 0.3) is 0 Å². The molecule has 0 saturated carbocycles. The van der Waals surface area contributed by atoms with E-state index in [4.69, 9.17) is 14.2 Å². The smallest absolute Gasteiger partial charge is 0.169 e. The fourth-order valence-electron chi connectivity index (χ4n) is 7.09. The van der Waals surface area contributed by atoms with E-state index in [2.05, 4.69) is 67.1 Å². The molecule has 0 aromatic carbocycles. The van der Waals surface area contributed by atoms with E-state index in [-0.39, 0.29) is 5.54 Å². The van der Waals surface area contributed by atoms with Gasteiger partial charge in [0.25, 0.3) is 0 Å². The van der Waals surface area contributed by atoms with Crippen LogP contribution in [0, 0.1) is 0 Å². The van der Waals surface area contributed by atoms with Gasteiger partial charge in [0.15, 0.2) is 5.54 Å². The highest BCUT2D eigenvalue weighted by atomic mass is 16.5. The highest BCUT2D eigenvalue weighted by molar-refractivity contribution is 5.01. The van der Waals surface area contributed by atoms with Gasteiger partial charge in [-0.2, -0.15) is 0 Å². The van der Waals surface area contributed by atoms with Gasteiger partial charge in [-0.25, -0.2) is 0 Å². The maximum Gasteiger partial charge on any atom is 0.169 e. The summed E-state index contributed by atoms with van der Waals surface area (Å²) in [7, 11) is 6.91. The summed E-state index contributed by atoms with van der Waals surface area (Å²) in [6.45, 7) is 13.8. The fourth-order valence-corrected chi connectivity index (χ4v) is 7.09. The number of rotatable bonds is 43. The molecule has 1 atom stereocenters. The van der Waals surface area contributed by atoms with Gasteiger partial charge in [-0.05, 0) is 70.6 Å². The molecule has 0 aliphatic rings. The first-order chi connectivity index (χ1) is 25.9. The number of unbranched alkanes of at least 4 members (excludes halogenated alkanes) is 23. The molecule has 0 aromatic rings. The second-order valence-corrected chi connectivity index (χ2v) is 17.4. The predicted octanol–water partition coefficient (Wildman–Crippen LogP) is 15.1. The quantitative estimate of drug-likeness (QED) is 0.0353. The predicted molar refractivity (Wildman–Crippen MR) is 236 cm³/mol. The van der Waals surface area contributed by atoms with Crippen molar-refractivity contribution >= 4 is 0 Å². The molecule has 0 rings (SSSR count). The maximum atomic E-state index is 6.49. The molecule has 0 aliphatic heterocycles. The van der Waals surface area contributed by atoms with Gasteiger partial charge in [-0.1, -0.05) is 180 Å². The molecule has 0 aliphatic carbocycles. The lowest BCUT2D eigenvalue weighted by Crippen LogP contribution is -2.65. The number of ether oxygens (including phenoxy) is 3. The fraction of sp³-hybridized carbons (Fsp3) is 0.918. The summed E-state index contributed by atoms with van der Waals surface area (Å²) in [6, 6.07) is 0. The lowest BCUT2D eigenvalue weighted by Gasteiger charge is -2.45. The minimum atomic E-state index is -0.189. The van der Waals surface area contributed by atoms with Crippen LogP contribution in [-0.2, 0) is 14.2 Å². The molecule has 4 heteroatoms. The summed E-state index contributed by atoms with van der Waals surface area (Å²) in [6.07, 6.45) is 48.0. The van der Waals surface area contributed by atoms with Crippen LogP contribution < -0.4 is 0 Å². The molecule has 4 nitrogen and oxygen atoms in total. The largest absolute Gasteiger partial charge is 0.375 e. The molecule has 0 N–H and O–H groups in total. The van der Waals surface area contributed by atoms with Gasteiger partial charge in [-0.3, -0.25) is 0 Å². The minimum Gasteiger partial charge on any atom is -0.375 e. The molecule has 0 heterocycles. The average molecular weight is 749 g/mol. The Balaban J connectivity index is 4.64. The van der Waals surface area contributed by atoms with Crippen molar-refractivity contribution in [2.24, 2.45) is 0 Å². The Hall–Kier alpha value is -0.680. The number of quaternary nitrogens is 1. The molecule has 53 heavy (non-hydrogen) atoms. The number of likely N-dealkylation sites (N-methyl/N-ethyl adjacent to an activating group) is 1. The summed E-state index contributed by atoms with van der Waals surface area (Å²) < 4.78 is 20.2. The van der Waals surface area contributed by atoms with Gasteiger partial charge >= 0.3 is 0 Å². The van der Waals surface area contributed by atoms with Crippen molar-refractivity contribution in [3.05, 3.63) is 23.8 Å². The van der Waals surface area contributed by atoms with Crippen LogP contribution in [0.4, 0.5) is 0 Å². The zero-order valence-corrected chi connectivity index (χ0v) is 37.6. The highest BCUT2D eigenvalue weighted by Crippen LogP contribution is 2.23. The standard InChI is InChI=1S/C49H98NO3/c1-8-12-16-18-20-21-22-23-24-27-31-37-43-52-46-49(50(5,6)7,45-51-42-36-30-26-19-17-13-9-2)47-53-44-38-32-28-25-29-35-41-48(39-33-14-10-3)40-34-15-11-4/h18,20,39H,8-17,19,21-38,40-47H2,1-7H3/q+1/b20-18-,48-39-. The molecule has 316 valence electrons. The molecule has 0 saturated heterocycles. The third kappa shape index (κ3) is 33.2. The molecule has 0 radical (unpaired) electrons. The molecule has 0 bridgehead atoms. The van der Waals surface area contributed by atoms with Gasteiger partial charge in [0.05, 0.1) is 21.1 Å². The molecule has 0 aromatic heterocycles. The van der Waals surface area contributed by atoms with E-state index in [1.165, 1.54) is 180 Å². The Morgan fingerprint density at radius 2 is 0.736 bits per heavy atom. The van der Waals surface area contributed by atoms with E-state index in [1.807, 2.05) is 0 Å². The van der Waals surface area contributed by atoms with Crippen molar-refractivity contribution in [1.29, 1.82) is 0 Å². The van der Waals surface area contributed by atoms with E-state index in [9.17, 15) is 0 Å². The van der Waals surface area contributed by atoms with Crippen molar-refractivity contribution < 1.29 is 18.7 Å². The topological polar surface area (TPSA) is 27.7 Å². The maximum absolute atomic E-state index is 6.49. The second kappa shape index (κ2) is 39.6. The normalized spacial score (nSPS) is 13.8. The average Bonchev–Trinajstić information content (AvgIpc) is 3.14. The van der Waals surface area contributed by atoms with E-state index < -0.39 is 0 Å². The van der Waals surface area contributed by atoms with Crippen molar-refractivity contribution in [3.63, 3.8) is 0 Å². The highest BCUT2D eigenvalue weighted by Gasteiger charge is 2.44. The van der Waals surface area contributed by atoms with Gasteiger partial charge in [0.2, 0.25) is 0 Å². The SMILES string of the molecule is CCCC/C=C\CCCCCCCCOCC(COCCCCCCCCC)(COCCCCCCCC/C(=C\CCCC)CCCCC)[N+](C)(C)C. The summed E-state index contributed by atoms with van der Waals surface area (Å²) in [5, 5.41) is 0. The molecule has 0 fully saturated rings. The van der Waals surface area contributed by atoms with Gasteiger partial charge < -0.3 is 18.7 Å². The Morgan fingerprint density at radius 1 is 0.396 bits per heavy atom. The summed E-state index contributed by atoms with van der Waals surface area (Å²) in [5.41, 5.74) is 1.55. The summed E-state index contributed by atoms with van der Waals surface area (Å²) >= 11 is 0. The van der Waals surface area contributed by atoms with Crippen LogP contribution >= 0.6 is 0 Å². The van der Waals surface area contributed by atoms with Crippen molar-refractivity contribution in [2.45, 2.75) is 232 Å². The third-order valence-electron chi connectivity index (χ3n) is 11.4. The van der Waals surface area contributed by atoms with Gasteiger partial charge in [0.1, 0.15) is 19.8 Å². The Bertz CT molecular complexity index is 787. The Labute approximate surface area is 334 Å². The lowest BCUT2D eigenvalue weighted by atomic mass is 9.98. The Kier molecular flexibility index (Phi) is 39.0. The number of allylic oxidation sites excluding steroid dienone is 4. The van der Waals surface area contributed by atoms with Crippen LogP contribution in [0.1, 0.15) is 227 Å². The second-order valence-electron chi connectivity index (χ2n) is 17.4. The summed E-state index contributed by atoms with van der Waals surface area (Å²) in [4.78, 5) is 0. The van der Waals surface area contributed by atoms with Crippen LogP contribution in [-0.4, -0.2) is 70.8 Å². The van der Waals surface area contributed by atoms with Crippen molar-refractivity contribution in [1.82, 2.24) is 0 Å². The van der Waals surface area contributed by atoms with Gasteiger partial charge in [0, 0.05) is 19.8 Å². The zero-order chi connectivity index (χ0) is 39.0. The molecular weight excluding hydrogens is 651 g/mol. The van der Waals surface area contributed by atoms with Crippen LogP contribution in [0.2, 0.25) is 0 Å². The van der Waals surface area contributed by atoms with Crippen LogP contribution in [0.5, 0.6) is 0 Å². The first-order valence-corrected chi connectivity index (χ1v) is 23.7. The van der Waals surface area contributed by atoms with E-state index >= 15 is 0 Å². The van der Waals surface area contributed by atoms with E-state index in [1.54, 1.807) is 5.57 Å². The first kappa shape index (κ1) is 52.3. The van der Waals surface area contributed by atoms with E-state index in [0.717, 1.165) is 43.6 Å². The van der Waals surface area contributed by atoms with Crippen LogP contribution in [0.15, 0.2) is 23.8 Å². The van der Waals surface area contributed by atoms with Crippen LogP contribution in [0.3, 0.4) is 0 Å². The monoisotopic (exact) mass is 749 g/mol. The molecule has 0 spiro atoms. The minimum absolute atomic E-state index is 0.189. The van der Waals surface area contributed by atoms with Crippen molar-refractivity contribution in [2.75, 3.05) is 60.8 Å².